The molecule has 2 aromatic carbocycles. The lowest BCUT2D eigenvalue weighted by Crippen LogP contribution is -2.11. The summed E-state index contributed by atoms with van der Waals surface area (Å²) in [6, 6.07) is 16.4. The summed E-state index contributed by atoms with van der Waals surface area (Å²) in [5.74, 6) is 5.66. The van der Waals surface area contributed by atoms with Gasteiger partial charge in [-0.25, -0.2) is 9.66 Å². The minimum atomic E-state index is 0.411. The highest BCUT2D eigenvalue weighted by Gasteiger charge is 2.09. The van der Waals surface area contributed by atoms with E-state index in [9.17, 15) is 4.79 Å². The molecule has 0 saturated carbocycles. The number of imidazole rings is 1. The smallest absolute Gasteiger partial charge is 0.170 e. The second kappa shape index (κ2) is 6.15. The summed E-state index contributed by atoms with van der Waals surface area (Å²) in [6.45, 7) is 0. The normalized spacial score (nSPS) is 10.6. The molecule has 3 rings (SSSR count). The van der Waals surface area contributed by atoms with E-state index in [2.05, 4.69) is 45.2 Å². The molecule has 5 heteroatoms. The second-order valence-corrected chi connectivity index (χ2v) is 5.90. The van der Waals surface area contributed by atoms with E-state index in [1.165, 1.54) is 11.0 Å². The number of nitrogens with two attached hydrogens (primary N) is 1. The number of benzene rings is 2. The molecule has 0 aliphatic carbocycles. The Kier molecular flexibility index (Phi) is 4.06. The van der Waals surface area contributed by atoms with Crippen LogP contribution in [0.15, 0.2) is 59.3 Å². The van der Waals surface area contributed by atoms with Gasteiger partial charge in [0.1, 0.15) is 12.0 Å². The Morgan fingerprint density at radius 2 is 1.91 bits per heavy atom. The average molecular weight is 356 g/mol. The van der Waals surface area contributed by atoms with E-state index in [1.807, 2.05) is 24.3 Å². The van der Waals surface area contributed by atoms with Gasteiger partial charge in [0.25, 0.3) is 0 Å². The molecule has 0 fully saturated rings. The summed E-state index contributed by atoms with van der Waals surface area (Å²) in [5.41, 5.74) is 4.46. The van der Waals surface area contributed by atoms with Crippen molar-refractivity contribution in [2.24, 2.45) is 0 Å². The number of aldehydes is 1. The minimum absolute atomic E-state index is 0.411. The minimum Gasteiger partial charge on any atom is -0.338 e. The lowest BCUT2D eigenvalue weighted by molar-refractivity contribution is 0.111. The van der Waals surface area contributed by atoms with Gasteiger partial charge in [0.15, 0.2) is 6.29 Å². The van der Waals surface area contributed by atoms with Crippen LogP contribution < -0.4 is 5.84 Å². The van der Waals surface area contributed by atoms with Crippen molar-refractivity contribution in [3.63, 3.8) is 0 Å². The molecule has 4 nitrogen and oxygen atoms in total. The highest BCUT2D eigenvalue weighted by atomic mass is 79.9. The first-order valence-corrected chi connectivity index (χ1v) is 7.58. The molecule has 0 aliphatic heterocycles. The number of rotatable bonds is 4. The Labute approximate surface area is 136 Å². The molecule has 0 radical (unpaired) electrons. The molecule has 1 heterocycles. The monoisotopic (exact) mass is 355 g/mol. The number of carbonyl (C=O) groups is 1. The van der Waals surface area contributed by atoms with E-state index in [4.69, 9.17) is 5.84 Å². The van der Waals surface area contributed by atoms with Crippen molar-refractivity contribution < 1.29 is 4.79 Å². The van der Waals surface area contributed by atoms with E-state index < -0.39 is 0 Å². The molecule has 22 heavy (non-hydrogen) atoms. The summed E-state index contributed by atoms with van der Waals surface area (Å²) in [7, 11) is 0. The van der Waals surface area contributed by atoms with Gasteiger partial charge in [-0.2, -0.15) is 0 Å². The van der Waals surface area contributed by atoms with Crippen molar-refractivity contribution in [2.45, 2.75) is 6.42 Å². The summed E-state index contributed by atoms with van der Waals surface area (Å²) in [4.78, 5) is 15.3. The van der Waals surface area contributed by atoms with E-state index >= 15 is 0 Å². The molecule has 0 bridgehead atoms. The van der Waals surface area contributed by atoms with Crippen LogP contribution in [-0.4, -0.2) is 15.9 Å². The number of nitrogen functional groups attached to an aromatic ring is 1. The Bertz CT molecular complexity index is 809. The van der Waals surface area contributed by atoms with Crippen molar-refractivity contribution in [3.05, 3.63) is 76.3 Å². The van der Waals surface area contributed by atoms with Crippen molar-refractivity contribution in [2.75, 3.05) is 5.84 Å². The molecule has 1 aromatic heterocycles. The van der Waals surface area contributed by atoms with Gasteiger partial charge in [0, 0.05) is 10.9 Å². The Balaban J connectivity index is 1.91. The third-order valence-corrected chi connectivity index (χ3v) is 4.03. The maximum atomic E-state index is 11.1. The summed E-state index contributed by atoms with van der Waals surface area (Å²) < 4.78 is 2.30. The van der Waals surface area contributed by atoms with Crippen molar-refractivity contribution >= 4 is 22.2 Å². The predicted octanol–water partition coefficient (Wildman–Crippen LogP) is 3.43. The first kappa shape index (κ1) is 14.5. The van der Waals surface area contributed by atoms with Gasteiger partial charge in [-0.05, 0) is 28.8 Å². The molecule has 0 atom stereocenters. The highest BCUT2D eigenvalue weighted by Crippen LogP contribution is 2.23. The number of nitrogens with zero attached hydrogens (tertiary/aromatic N) is 2. The molecular weight excluding hydrogens is 342 g/mol. The molecular formula is C17H14BrN3O. The molecule has 0 amide bonds. The van der Waals surface area contributed by atoms with Gasteiger partial charge in [0.05, 0.1) is 5.69 Å². The fraction of sp³-hybridized carbons (Fsp3) is 0.0588. The molecule has 3 aromatic rings. The number of carbonyl (C=O) groups excluding carboxylic acids is 1. The number of hydrogen-bond acceptors (Lipinski definition) is 3. The third-order valence-electron chi connectivity index (χ3n) is 3.50. The first-order valence-electron chi connectivity index (χ1n) is 6.79. The fourth-order valence-corrected chi connectivity index (χ4v) is 2.64. The van der Waals surface area contributed by atoms with Gasteiger partial charge in [-0.1, -0.05) is 52.3 Å². The van der Waals surface area contributed by atoms with Gasteiger partial charge >= 0.3 is 0 Å². The molecule has 0 aliphatic rings. The SMILES string of the molecule is Nn1cnc(Cc2cccc(-c3ccc(Br)cc3)c2)c1C=O. The van der Waals surface area contributed by atoms with Crippen molar-refractivity contribution in [1.82, 2.24) is 9.66 Å². The Hall–Kier alpha value is -2.40. The molecule has 2 N–H and O–H groups in total. The van der Waals surface area contributed by atoms with Crippen LogP contribution in [0.2, 0.25) is 0 Å². The summed E-state index contributed by atoms with van der Waals surface area (Å²) in [6.07, 6.45) is 2.77. The molecule has 0 spiro atoms. The van der Waals surface area contributed by atoms with E-state index in [0.717, 1.165) is 27.4 Å². The van der Waals surface area contributed by atoms with Crippen LogP contribution in [0.4, 0.5) is 0 Å². The number of aromatic nitrogens is 2. The summed E-state index contributed by atoms with van der Waals surface area (Å²) in [5, 5.41) is 0. The van der Waals surface area contributed by atoms with Crippen LogP contribution >= 0.6 is 15.9 Å². The van der Waals surface area contributed by atoms with Crippen LogP contribution in [0, 0.1) is 0 Å². The largest absolute Gasteiger partial charge is 0.338 e. The van der Waals surface area contributed by atoms with E-state index in [1.54, 1.807) is 0 Å². The molecule has 0 saturated heterocycles. The zero-order chi connectivity index (χ0) is 15.5. The predicted molar refractivity (Wildman–Crippen MR) is 90.1 cm³/mol. The van der Waals surface area contributed by atoms with Crippen LogP contribution in [0.25, 0.3) is 11.1 Å². The number of hydrogen-bond donors (Lipinski definition) is 1. The fourth-order valence-electron chi connectivity index (χ4n) is 2.37. The molecule has 110 valence electrons. The van der Waals surface area contributed by atoms with Gasteiger partial charge in [-0.3, -0.25) is 4.79 Å². The maximum absolute atomic E-state index is 11.1. The van der Waals surface area contributed by atoms with Crippen LogP contribution in [-0.2, 0) is 6.42 Å². The quantitative estimate of drug-likeness (QED) is 0.576. The topological polar surface area (TPSA) is 60.9 Å². The van der Waals surface area contributed by atoms with Crippen LogP contribution in [0.3, 0.4) is 0 Å². The van der Waals surface area contributed by atoms with Gasteiger partial charge in [0.2, 0.25) is 0 Å². The van der Waals surface area contributed by atoms with Crippen LogP contribution in [0.1, 0.15) is 21.7 Å². The van der Waals surface area contributed by atoms with E-state index in [0.29, 0.717) is 17.8 Å². The Morgan fingerprint density at radius 1 is 1.14 bits per heavy atom. The third kappa shape index (κ3) is 2.94. The van der Waals surface area contributed by atoms with Crippen molar-refractivity contribution in [3.8, 4) is 11.1 Å². The molecule has 0 unspecified atom stereocenters. The van der Waals surface area contributed by atoms with Crippen molar-refractivity contribution in [1.29, 1.82) is 0 Å². The first-order chi connectivity index (χ1) is 10.7. The maximum Gasteiger partial charge on any atom is 0.170 e. The number of halogens is 1. The highest BCUT2D eigenvalue weighted by molar-refractivity contribution is 9.10. The second-order valence-electron chi connectivity index (χ2n) is 4.99. The van der Waals surface area contributed by atoms with Gasteiger partial charge < -0.3 is 5.84 Å². The van der Waals surface area contributed by atoms with Gasteiger partial charge in [-0.15, -0.1) is 0 Å². The van der Waals surface area contributed by atoms with Crippen LogP contribution in [0.5, 0.6) is 0 Å². The lowest BCUT2D eigenvalue weighted by Gasteiger charge is -2.06. The Morgan fingerprint density at radius 3 is 2.64 bits per heavy atom. The standard InChI is InChI=1S/C17H14BrN3O/c18-15-6-4-13(5-7-15)14-3-1-2-12(8-14)9-16-17(10-22)21(19)11-20-16/h1-8,10-11H,9,19H2. The zero-order valence-electron chi connectivity index (χ0n) is 11.7. The van der Waals surface area contributed by atoms with E-state index in [-0.39, 0.29) is 0 Å². The summed E-state index contributed by atoms with van der Waals surface area (Å²) >= 11 is 3.44. The average Bonchev–Trinajstić information content (AvgIpc) is 2.88. The zero-order valence-corrected chi connectivity index (χ0v) is 13.3. The lowest BCUT2D eigenvalue weighted by atomic mass is 10.0.